The van der Waals surface area contributed by atoms with E-state index in [-0.39, 0.29) is 0 Å². The Balaban J connectivity index is 2.41. The highest BCUT2D eigenvalue weighted by atomic mass is 16.3. The molecule has 1 aromatic carbocycles. The normalized spacial score (nSPS) is 32.1. The van der Waals surface area contributed by atoms with Crippen molar-refractivity contribution in [2.24, 2.45) is 5.92 Å². The number of rotatable bonds is 0. The Labute approximate surface area is 84.2 Å². The molecule has 0 spiro atoms. The smallest absolute Gasteiger partial charge is 0.105 e. The molecule has 14 heavy (non-hydrogen) atoms. The minimum absolute atomic E-state index is 0.434. The van der Waals surface area contributed by atoms with E-state index in [1.807, 2.05) is 24.3 Å². The molecule has 0 heterocycles. The topological polar surface area (TPSA) is 40.5 Å². The minimum Gasteiger partial charge on any atom is -0.390 e. The van der Waals surface area contributed by atoms with Crippen LogP contribution in [0.5, 0.6) is 0 Å². The van der Waals surface area contributed by atoms with Crippen molar-refractivity contribution in [2.75, 3.05) is 0 Å². The third-order valence-electron chi connectivity index (χ3n) is 2.95. The van der Waals surface area contributed by atoms with Crippen molar-refractivity contribution in [1.29, 1.82) is 0 Å². The predicted molar refractivity (Wildman–Crippen MR) is 54.9 cm³/mol. The van der Waals surface area contributed by atoms with E-state index in [4.69, 9.17) is 0 Å². The molecule has 1 aliphatic carbocycles. The molecule has 0 aliphatic heterocycles. The molecule has 0 bridgehead atoms. The second-order valence-electron chi connectivity index (χ2n) is 4.26. The summed E-state index contributed by atoms with van der Waals surface area (Å²) in [5.74, 6) is 0.434. The first-order chi connectivity index (χ1) is 6.68. The van der Waals surface area contributed by atoms with Gasteiger partial charge in [0.25, 0.3) is 0 Å². The summed E-state index contributed by atoms with van der Waals surface area (Å²) in [6.45, 7) is 2.11. The summed E-state index contributed by atoms with van der Waals surface area (Å²) in [6.07, 6.45) is 0.296. The predicted octanol–water partition coefficient (Wildman–Crippen LogP) is 1.66. The van der Waals surface area contributed by atoms with Crippen molar-refractivity contribution < 1.29 is 10.2 Å². The molecule has 1 aliphatic rings. The Morgan fingerprint density at radius 3 is 2.71 bits per heavy atom. The van der Waals surface area contributed by atoms with Crippen molar-refractivity contribution in [2.45, 2.75) is 32.0 Å². The van der Waals surface area contributed by atoms with Gasteiger partial charge in [0.05, 0.1) is 6.10 Å². The van der Waals surface area contributed by atoms with E-state index in [1.54, 1.807) is 0 Å². The van der Waals surface area contributed by atoms with Gasteiger partial charge >= 0.3 is 0 Å². The van der Waals surface area contributed by atoms with Crippen LogP contribution in [0.2, 0.25) is 0 Å². The molecule has 76 valence electrons. The first kappa shape index (κ1) is 9.69. The Bertz CT molecular complexity index is 322. The highest BCUT2D eigenvalue weighted by molar-refractivity contribution is 5.31. The van der Waals surface area contributed by atoms with Crippen molar-refractivity contribution in [3.05, 3.63) is 35.4 Å². The number of fused-ring (bicyclic) bond motifs is 1. The van der Waals surface area contributed by atoms with Crippen LogP contribution in [-0.4, -0.2) is 16.3 Å². The van der Waals surface area contributed by atoms with Gasteiger partial charge in [-0.25, -0.2) is 0 Å². The van der Waals surface area contributed by atoms with Gasteiger partial charge in [-0.05, 0) is 29.9 Å². The van der Waals surface area contributed by atoms with Crippen LogP contribution in [-0.2, 0) is 6.42 Å². The summed E-state index contributed by atoms with van der Waals surface area (Å²) >= 11 is 0. The van der Waals surface area contributed by atoms with Crippen LogP contribution < -0.4 is 0 Å². The van der Waals surface area contributed by atoms with Crippen LogP contribution in [0.25, 0.3) is 0 Å². The van der Waals surface area contributed by atoms with Crippen LogP contribution in [0.3, 0.4) is 0 Å². The number of benzene rings is 1. The first-order valence-corrected chi connectivity index (χ1v) is 5.12. The molecule has 0 saturated heterocycles. The maximum atomic E-state index is 9.88. The zero-order chi connectivity index (χ0) is 10.1. The first-order valence-electron chi connectivity index (χ1n) is 5.12. The monoisotopic (exact) mass is 192 g/mol. The lowest BCUT2D eigenvalue weighted by Crippen LogP contribution is -2.18. The maximum Gasteiger partial charge on any atom is 0.105 e. The lowest BCUT2D eigenvalue weighted by Gasteiger charge is -2.16. The van der Waals surface area contributed by atoms with Crippen molar-refractivity contribution >= 4 is 0 Å². The van der Waals surface area contributed by atoms with Gasteiger partial charge in [-0.3, -0.25) is 0 Å². The molecule has 2 rings (SSSR count). The summed E-state index contributed by atoms with van der Waals surface area (Å²) < 4.78 is 0. The SMILES string of the molecule is CC1Cc2ccccc2C(O)C(O)C1. The molecule has 2 N–H and O–H groups in total. The largest absolute Gasteiger partial charge is 0.390 e. The fourth-order valence-corrected chi connectivity index (χ4v) is 2.22. The maximum absolute atomic E-state index is 9.88. The van der Waals surface area contributed by atoms with Crippen LogP contribution in [0.15, 0.2) is 24.3 Å². The van der Waals surface area contributed by atoms with Crippen LogP contribution >= 0.6 is 0 Å². The molecule has 0 radical (unpaired) electrons. The average Bonchev–Trinajstić information content (AvgIpc) is 2.26. The number of hydrogen-bond acceptors (Lipinski definition) is 2. The number of hydrogen-bond donors (Lipinski definition) is 2. The zero-order valence-electron chi connectivity index (χ0n) is 8.35. The summed E-state index contributed by atoms with van der Waals surface area (Å²) in [5.41, 5.74) is 2.06. The van der Waals surface area contributed by atoms with Gasteiger partial charge in [-0.2, -0.15) is 0 Å². The van der Waals surface area contributed by atoms with E-state index in [2.05, 4.69) is 6.92 Å². The third-order valence-corrected chi connectivity index (χ3v) is 2.95. The molecule has 0 fully saturated rings. The summed E-state index contributed by atoms with van der Waals surface area (Å²) in [5, 5.41) is 19.6. The Morgan fingerprint density at radius 1 is 1.21 bits per heavy atom. The third kappa shape index (κ3) is 1.68. The van der Waals surface area contributed by atoms with E-state index < -0.39 is 12.2 Å². The quantitative estimate of drug-likeness (QED) is 0.614. The molecular formula is C12H16O2. The molecular weight excluding hydrogens is 176 g/mol. The highest BCUT2D eigenvalue weighted by Crippen LogP contribution is 2.31. The van der Waals surface area contributed by atoms with Crippen molar-refractivity contribution in [1.82, 2.24) is 0 Å². The summed E-state index contributed by atoms with van der Waals surface area (Å²) in [7, 11) is 0. The Hall–Kier alpha value is -0.860. The molecule has 0 saturated carbocycles. The van der Waals surface area contributed by atoms with Gasteiger partial charge in [-0.1, -0.05) is 31.2 Å². The van der Waals surface area contributed by atoms with E-state index in [9.17, 15) is 10.2 Å². The minimum atomic E-state index is -0.712. The lowest BCUT2D eigenvalue weighted by atomic mass is 9.98. The summed E-state index contributed by atoms with van der Waals surface area (Å²) in [6, 6.07) is 7.83. The molecule has 1 aromatic rings. The molecule has 2 heteroatoms. The van der Waals surface area contributed by atoms with Crippen molar-refractivity contribution in [3.63, 3.8) is 0 Å². The van der Waals surface area contributed by atoms with Gasteiger partial charge in [0.2, 0.25) is 0 Å². The summed E-state index contributed by atoms with van der Waals surface area (Å²) in [4.78, 5) is 0. The van der Waals surface area contributed by atoms with Gasteiger partial charge in [0, 0.05) is 0 Å². The van der Waals surface area contributed by atoms with E-state index in [1.165, 1.54) is 5.56 Å². The zero-order valence-corrected chi connectivity index (χ0v) is 8.35. The van der Waals surface area contributed by atoms with E-state index in [0.29, 0.717) is 12.3 Å². The average molecular weight is 192 g/mol. The molecule has 2 nitrogen and oxygen atoms in total. The highest BCUT2D eigenvalue weighted by Gasteiger charge is 2.26. The Morgan fingerprint density at radius 2 is 1.93 bits per heavy atom. The fourth-order valence-electron chi connectivity index (χ4n) is 2.22. The second kappa shape index (κ2) is 3.71. The van der Waals surface area contributed by atoms with Crippen LogP contribution in [0, 0.1) is 5.92 Å². The molecule has 0 aromatic heterocycles. The van der Waals surface area contributed by atoms with E-state index in [0.717, 1.165) is 12.0 Å². The number of aliphatic hydroxyl groups excluding tert-OH is 2. The van der Waals surface area contributed by atoms with Crippen LogP contribution in [0.1, 0.15) is 30.6 Å². The fraction of sp³-hybridized carbons (Fsp3) is 0.500. The second-order valence-corrected chi connectivity index (χ2v) is 4.26. The van der Waals surface area contributed by atoms with Gasteiger partial charge in [0.15, 0.2) is 0 Å². The molecule has 3 atom stereocenters. The van der Waals surface area contributed by atoms with Crippen molar-refractivity contribution in [3.8, 4) is 0 Å². The standard InChI is InChI=1S/C12H16O2/c1-8-6-9-4-2-3-5-10(9)12(14)11(13)7-8/h2-5,8,11-14H,6-7H2,1H3. The Kier molecular flexibility index (Phi) is 2.57. The van der Waals surface area contributed by atoms with Crippen LogP contribution in [0.4, 0.5) is 0 Å². The van der Waals surface area contributed by atoms with Gasteiger partial charge in [0.1, 0.15) is 6.10 Å². The number of aliphatic hydroxyl groups is 2. The van der Waals surface area contributed by atoms with Gasteiger partial charge in [-0.15, -0.1) is 0 Å². The molecule has 3 unspecified atom stereocenters. The lowest BCUT2D eigenvalue weighted by molar-refractivity contribution is 0.00912. The molecule has 0 amide bonds. The van der Waals surface area contributed by atoms with Gasteiger partial charge < -0.3 is 10.2 Å². The van der Waals surface area contributed by atoms with E-state index >= 15 is 0 Å².